The summed E-state index contributed by atoms with van der Waals surface area (Å²) >= 11 is 2.44. The van der Waals surface area contributed by atoms with Crippen LogP contribution in [0.3, 0.4) is 0 Å². The fourth-order valence-corrected chi connectivity index (χ4v) is 3.43. The monoisotopic (exact) mass is 388 g/mol. The number of aryl methyl sites for hydroxylation is 1. The number of benzene rings is 2. The largest absolute Gasteiger partial charge is 0.309 e. The minimum atomic E-state index is 0.171. The smallest absolute Gasteiger partial charge is 0.0591 e. The van der Waals surface area contributed by atoms with Crippen molar-refractivity contribution in [1.82, 2.24) is 10.3 Å². The molecule has 2 aromatic carbocycles. The van der Waals surface area contributed by atoms with Crippen LogP contribution < -0.4 is 5.32 Å². The van der Waals surface area contributed by atoms with Gasteiger partial charge in [-0.25, -0.2) is 0 Å². The summed E-state index contributed by atoms with van der Waals surface area (Å²) in [6, 6.07) is 15.1. The van der Waals surface area contributed by atoms with Crippen LogP contribution >= 0.6 is 22.6 Å². The molecule has 0 aliphatic carbocycles. The quantitative estimate of drug-likeness (QED) is 0.671. The van der Waals surface area contributed by atoms with E-state index in [1.165, 1.54) is 31.0 Å². The Morgan fingerprint density at radius 3 is 2.62 bits per heavy atom. The van der Waals surface area contributed by atoms with Crippen molar-refractivity contribution in [2.24, 2.45) is 0 Å². The minimum absolute atomic E-state index is 0.171. The van der Waals surface area contributed by atoms with Gasteiger partial charge >= 0.3 is 0 Å². The molecule has 1 aromatic heterocycles. The maximum Gasteiger partial charge on any atom is 0.0591 e. The minimum Gasteiger partial charge on any atom is -0.309 e. The van der Waals surface area contributed by atoms with Crippen molar-refractivity contribution in [2.45, 2.75) is 13.0 Å². The lowest BCUT2D eigenvalue weighted by molar-refractivity contribution is 0.692. The number of rotatable bonds is 3. The lowest BCUT2D eigenvalue weighted by Gasteiger charge is -2.21. The lowest BCUT2D eigenvalue weighted by atomic mass is 9.94. The molecular formula is C18H17IN2. The maximum atomic E-state index is 4.29. The van der Waals surface area contributed by atoms with Gasteiger partial charge in [0.1, 0.15) is 0 Å². The number of nitrogens with zero attached hydrogens (tertiary/aromatic N) is 1. The van der Waals surface area contributed by atoms with E-state index in [9.17, 15) is 0 Å². The van der Waals surface area contributed by atoms with Crippen molar-refractivity contribution >= 4 is 33.4 Å². The summed E-state index contributed by atoms with van der Waals surface area (Å²) in [6.07, 6.45) is 3.80. The van der Waals surface area contributed by atoms with E-state index in [4.69, 9.17) is 0 Å². The summed E-state index contributed by atoms with van der Waals surface area (Å²) in [7, 11) is 2.01. The summed E-state index contributed by atoms with van der Waals surface area (Å²) in [4.78, 5) is 4.29. The van der Waals surface area contributed by atoms with Crippen molar-refractivity contribution < 1.29 is 0 Å². The zero-order valence-electron chi connectivity index (χ0n) is 12.1. The lowest BCUT2D eigenvalue weighted by Crippen LogP contribution is -2.19. The summed E-state index contributed by atoms with van der Waals surface area (Å²) in [6.45, 7) is 2.16. The fourth-order valence-electron chi connectivity index (χ4n) is 2.76. The van der Waals surface area contributed by atoms with Crippen LogP contribution in [0.15, 0.2) is 54.9 Å². The molecule has 0 amide bonds. The van der Waals surface area contributed by atoms with Crippen LogP contribution in [0.5, 0.6) is 0 Å². The van der Waals surface area contributed by atoms with Crippen LogP contribution in [0.4, 0.5) is 0 Å². The van der Waals surface area contributed by atoms with Gasteiger partial charge in [-0.1, -0.05) is 36.4 Å². The molecule has 3 rings (SSSR count). The van der Waals surface area contributed by atoms with E-state index in [0.29, 0.717) is 0 Å². The molecule has 0 aliphatic heterocycles. The van der Waals surface area contributed by atoms with Gasteiger partial charge < -0.3 is 5.32 Å². The summed E-state index contributed by atoms with van der Waals surface area (Å²) in [5, 5.41) is 5.89. The van der Waals surface area contributed by atoms with Gasteiger partial charge in [-0.05, 0) is 64.7 Å². The highest BCUT2D eigenvalue weighted by Gasteiger charge is 2.17. The zero-order chi connectivity index (χ0) is 14.8. The van der Waals surface area contributed by atoms with E-state index >= 15 is 0 Å². The standard InChI is InChI=1S/C18H17IN2/c1-12-5-3-8-15(17(12)19)18(20-2)14-7-4-6-13-9-10-21-11-16(13)14/h3-11,18,20H,1-2H3. The topological polar surface area (TPSA) is 24.9 Å². The van der Waals surface area contributed by atoms with E-state index in [0.717, 1.165) is 0 Å². The van der Waals surface area contributed by atoms with E-state index in [1.54, 1.807) is 0 Å². The third-order valence-corrected chi connectivity index (χ3v) is 5.32. The van der Waals surface area contributed by atoms with Crippen LogP contribution in [0.2, 0.25) is 0 Å². The molecule has 3 aromatic rings. The fraction of sp³-hybridized carbons (Fsp3) is 0.167. The average molecular weight is 388 g/mol. The Morgan fingerprint density at radius 2 is 1.81 bits per heavy atom. The van der Waals surface area contributed by atoms with Crippen molar-refractivity contribution in [3.8, 4) is 0 Å². The van der Waals surface area contributed by atoms with Gasteiger partial charge in [0.05, 0.1) is 6.04 Å². The molecule has 0 spiro atoms. The highest BCUT2D eigenvalue weighted by molar-refractivity contribution is 14.1. The summed E-state index contributed by atoms with van der Waals surface area (Å²) in [5.41, 5.74) is 3.90. The second kappa shape index (κ2) is 6.12. The van der Waals surface area contributed by atoms with Gasteiger partial charge in [-0.3, -0.25) is 4.98 Å². The highest BCUT2D eigenvalue weighted by Crippen LogP contribution is 2.31. The molecule has 0 aliphatic rings. The third-order valence-electron chi connectivity index (χ3n) is 3.85. The Morgan fingerprint density at radius 1 is 1.05 bits per heavy atom. The average Bonchev–Trinajstić information content (AvgIpc) is 2.52. The van der Waals surface area contributed by atoms with Gasteiger partial charge in [0, 0.05) is 21.4 Å². The van der Waals surface area contributed by atoms with Gasteiger partial charge in [-0.2, -0.15) is 0 Å². The Balaban J connectivity index is 2.21. The molecule has 1 unspecified atom stereocenters. The van der Waals surface area contributed by atoms with E-state index in [1.807, 2.05) is 19.4 Å². The van der Waals surface area contributed by atoms with E-state index < -0.39 is 0 Å². The molecule has 0 bridgehead atoms. The van der Waals surface area contributed by atoms with Crippen molar-refractivity contribution in [2.75, 3.05) is 7.05 Å². The van der Waals surface area contributed by atoms with Gasteiger partial charge in [-0.15, -0.1) is 0 Å². The normalized spacial score (nSPS) is 12.5. The first-order valence-corrected chi connectivity index (χ1v) is 8.05. The number of nitrogens with one attached hydrogen (secondary N) is 1. The van der Waals surface area contributed by atoms with Gasteiger partial charge in [0.15, 0.2) is 0 Å². The Hall–Kier alpha value is -1.46. The number of aromatic nitrogens is 1. The van der Waals surface area contributed by atoms with Crippen molar-refractivity contribution in [3.63, 3.8) is 0 Å². The Bertz CT molecular complexity index is 778. The Kier molecular flexibility index (Phi) is 4.22. The molecule has 0 saturated heterocycles. The van der Waals surface area contributed by atoms with E-state index in [-0.39, 0.29) is 6.04 Å². The Labute approximate surface area is 138 Å². The highest BCUT2D eigenvalue weighted by atomic mass is 127. The molecule has 1 atom stereocenters. The molecule has 1 heterocycles. The van der Waals surface area contributed by atoms with Gasteiger partial charge in [0.2, 0.25) is 0 Å². The second-order valence-corrected chi connectivity index (χ2v) is 6.22. The summed E-state index contributed by atoms with van der Waals surface area (Å²) < 4.78 is 1.32. The van der Waals surface area contributed by atoms with E-state index in [2.05, 4.69) is 82.3 Å². The molecule has 2 nitrogen and oxygen atoms in total. The van der Waals surface area contributed by atoms with Crippen LogP contribution in [0, 0.1) is 10.5 Å². The first kappa shape index (κ1) is 14.5. The van der Waals surface area contributed by atoms with Crippen molar-refractivity contribution in [3.05, 3.63) is 75.1 Å². The second-order valence-electron chi connectivity index (χ2n) is 5.14. The number of hydrogen-bond donors (Lipinski definition) is 1. The molecule has 1 N–H and O–H groups in total. The number of fused-ring (bicyclic) bond motifs is 1. The number of halogens is 1. The predicted octanol–water partition coefficient (Wildman–Crippen LogP) is 4.46. The van der Waals surface area contributed by atoms with Crippen molar-refractivity contribution in [1.29, 1.82) is 0 Å². The number of hydrogen-bond acceptors (Lipinski definition) is 2. The zero-order valence-corrected chi connectivity index (χ0v) is 14.3. The molecule has 106 valence electrons. The molecule has 0 fully saturated rings. The SMILES string of the molecule is CNC(c1cccc(C)c1I)c1cccc2ccncc12. The summed E-state index contributed by atoms with van der Waals surface area (Å²) in [5.74, 6) is 0. The van der Waals surface area contributed by atoms with Crippen LogP contribution in [-0.2, 0) is 0 Å². The molecular weight excluding hydrogens is 371 g/mol. The van der Waals surface area contributed by atoms with Crippen LogP contribution in [0.1, 0.15) is 22.7 Å². The maximum absolute atomic E-state index is 4.29. The molecule has 0 radical (unpaired) electrons. The first-order valence-electron chi connectivity index (χ1n) is 6.97. The van der Waals surface area contributed by atoms with Gasteiger partial charge in [0.25, 0.3) is 0 Å². The third kappa shape index (κ3) is 2.68. The first-order chi connectivity index (χ1) is 10.2. The molecule has 3 heteroatoms. The molecule has 21 heavy (non-hydrogen) atoms. The molecule has 0 saturated carbocycles. The van der Waals surface area contributed by atoms with Crippen LogP contribution in [-0.4, -0.2) is 12.0 Å². The van der Waals surface area contributed by atoms with Crippen LogP contribution in [0.25, 0.3) is 10.8 Å². The number of pyridine rings is 1. The predicted molar refractivity (Wildman–Crippen MR) is 96.5 cm³/mol.